The third-order valence-corrected chi connectivity index (χ3v) is 3.27. The van der Waals surface area contributed by atoms with Crippen LogP contribution in [-0.4, -0.2) is 9.78 Å². The molecule has 0 amide bonds. The molecule has 5 nitrogen and oxygen atoms in total. The van der Waals surface area contributed by atoms with Gasteiger partial charge >= 0.3 is 0 Å². The first-order valence-electron chi connectivity index (χ1n) is 6.49. The van der Waals surface area contributed by atoms with Crippen molar-refractivity contribution in [3.05, 3.63) is 47.3 Å². The molecule has 0 spiro atoms. The fourth-order valence-electron chi connectivity index (χ4n) is 2.33. The van der Waals surface area contributed by atoms with E-state index >= 15 is 0 Å². The topological polar surface area (TPSA) is 81.9 Å². The van der Waals surface area contributed by atoms with E-state index in [9.17, 15) is 0 Å². The summed E-state index contributed by atoms with van der Waals surface area (Å²) in [5.74, 6) is 5.68. The van der Waals surface area contributed by atoms with Gasteiger partial charge in [0.05, 0.1) is 11.7 Å². The summed E-state index contributed by atoms with van der Waals surface area (Å²) < 4.78 is 2.00. The largest absolute Gasteiger partial charge is 0.398 e. The number of para-hydroxylation sites is 1. The number of rotatable bonds is 5. The van der Waals surface area contributed by atoms with Gasteiger partial charge in [0.1, 0.15) is 0 Å². The summed E-state index contributed by atoms with van der Waals surface area (Å²) in [6.07, 6.45) is 0.763. The van der Waals surface area contributed by atoms with Crippen molar-refractivity contribution in [3.8, 4) is 0 Å². The third-order valence-electron chi connectivity index (χ3n) is 3.27. The quantitative estimate of drug-likeness (QED) is 0.432. The molecule has 0 aliphatic heterocycles. The lowest BCUT2D eigenvalue weighted by atomic mass is 10.0. The summed E-state index contributed by atoms with van der Waals surface area (Å²) in [7, 11) is 0. The van der Waals surface area contributed by atoms with Crippen LogP contribution < -0.4 is 17.0 Å². The molecule has 0 saturated heterocycles. The Labute approximate surface area is 113 Å². The van der Waals surface area contributed by atoms with Gasteiger partial charge in [-0.2, -0.15) is 5.10 Å². The van der Waals surface area contributed by atoms with E-state index in [2.05, 4.69) is 23.5 Å². The smallest absolute Gasteiger partial charge is 0.0596 e. The Kier molecular flexibility index (Phi) is 4.19. The molecule has 0 radical (unpaired) electrons. The molecule has 0 aliphatic carbocycles. The summed E-state index contributed by atoms with van der Waals surface area (Å²) in [4.78, 5) is 0. The second-order valence-electron chi connectivity index (χ2n) is 4.65. The van der Waals surface area contributed by atoms with Gasteiger partial charge in [-0.05, 0) is 31.5 Å². The van der Waals surface area contributed by atoms with Gasteiger partial charge in [-0.3, -0.25) is 16.0 Å². The summed E-state index contributed by atoms with van der Waals surface area (Å²) in [5.41, 5.74) is 12.8. The van der Waals surface area contributed by atoms with E-state index in [0.717, 1.165) is 35.6 Å². The minimum Gasteiger partial charge on any atom is -0.398 e. The Morgan fingerprint density at radius 1 is 1.37 bits per heavy atom. The predicted molar refractivity (Wildman–Crippen MR) is 77.3 cm³/mol. The van der Waals surface area contributed by atoms with E-state index in [0.29, 0.717) is 0 Å². The number of hydrogen-bond donors (Lipinski definition) is 3. The van der Waals surface area contributed by atoms with E-state index < -0.39 is 0 Å². The van der Waals surface area contributed by atoms with Gasteiger partial charge in [-0.15, -0.1) is 0 Å². The number of nitrogens with two attached hydrogens (primary N) is 2. The van der Waals surface area contributed by atoms with Crippen LogP contribution in [0.25, 0.3) is 0 Å². The fraction of sp³-hybridized carbons (Fsp3) is 0.357. The van der Waals surface area contributed by atoms with Crippen LogP contribution >= 0.6 is 0 Å². The zero-order chi connectivity index (χ0) is 13.8. The van der Waals surface area contributed by atoms with Gasteiger partial charge in [-0.25, -0.2) is 0 Å². The SMILES string of the molecule is CCn1nc(C)cc1CC(NN)c1ccccc1N. The number of nitrogen functional groups attached to an aromatic ring is 1. The molecule has 5 N–H and O–H groups in total. The molecule has 1 atom stereocenters. The summed E-state index contributed by atoms with van der Waals surface area (Å²) in [6.45, 7) is 4.93. The highest BCUT2D eigenvalue weighted by Gasteiger charge is 2.16. The standard InChI is InChI=1S/C14H21N5/c1-3-19-11(8-10(2)18-19)9-14(17-16)12-6-4-5-7-13(12)15/h4-8,14,17H,3,9,15-16H2,1-2H3. The van der Waals surface area contributed by atoms with Crippen LogP contribution in [0.15, 0.2) is 30.3 Å². The van der Waals surface area contributed by atoms with Crippen molar-refractivity contribution in [2.24, 2.45) is 5.84 Å². The minimum atomic E-state index is -0.0115. The lowest BCUT2D eigenvalue weighted by Crippen LogP contribution is -2.30. The monoisotopic (exact) mass is 259 g/mol. The molecule has 0 saturated carbocycles. The molecule has 1 heterocycles. The number of anilines is 1. The number of aromatic nitrogens is 2. The number of benzene rings is 1. The number of nitrogens with zero attached hydrogens (tertiary/aromatic N) is 2. The van der Waals surface area contributed by atoms with Crippen LogP contribution in [0.4, 0.5) is 5.69 Å². The first-order valence-corrected chi connectivity index (χ1v) is 6.49. The van der Waals surface area contributed by atoms with Gasteiger partial charge in [-0.1, -0.05) is 18.2 Å². The van der Waals surface area contributed by atoms with Gasteiger partial charge < -0.3 is 5.73 Å². The lowest BCUT2D eigenvalue weighted by molar-refractivity contribution is 0.518. The van der Waals surface area contributed by atoms with E-state index in [4.69, 9.17) is 11.6 Å². The highest BCUT2D eigenvalue weighted by atomic mass is 15.3. The van der Waals surface area contributed by atoms with Gasteiger partial charge in [0, 0.05) is 24.3 Å². The van der Waals surface area contributed by atoms with Crippen LogP contribution in [0.5, 0.6) is 0 Å². The molecule has 1 aromatic heterocycles. The van der Waals surface area contributed by atoms with E-state index in [-0.39, 0.29) is 6.04 Å². The summed E-state index contributed by atoms with van der Waals surface area (Å²) >= 11 is 0. The van der Waals surface area contributed by atoms with E-state index in [1.165, 1.54) is 0 Å². The molecule has 0 aliphatic rings. The van der Waals surface area contributed by atoms with Crippen molar-refractivity contribution in [1.82, 2.24) is 15.2 Å². The average Bonchev–Trinajstić information content (AvgIpc) is 2.77. The van der Waals surface area contributed by atoms with Crippen LogP contribution in [0.2, 0.25) is 0 Å². The first-order chi connectivity index (χ1) is 9.15. The maximum atomic E-state index is 6.01. The van der Waals surface area contributed by atoms with Crippen molar-refractivity contribution in [2.45, 2.75) is 32.9 Å². The number of hydrazine groups is 1. The van der Waals surface area contributed by atoms with Crippen LogP contribution in [0.1, 0.15) is 29.9 Å². The van der Waals surface area contributed by atoms with Crippen molar-refractivity contribution < 1.29 is 0 Å². The van der Waals surface area contributed by atoms with E-state index in [1.807, 2.05) is 35.9 Å². The highest BCUT2D eigenvalue weighted by Crippen LogP contribution is 2.23. The van der Waals surface area contributed by atoms with Gasteiger partial charge in [0.2, 0.25) is 0 Å². The number of hydrogen-bond acceptors (Lipinski definition) is 4. The normalized spacial score (nSPS) is 12.6. The molecule has 0 bridgehead atoms. The van der Waals surface area contributed by atoms with Crippen molar-refractivity contribution >= 4 is 5.69 Å². The van der Waals surface area contributed by atoms with Gasteiger partial charge in [0.15, 0.2) is 0 Å². The molecule has 102 valence electrons. The molecule has 2 rings (SSSR count). The first kappa shape index (κ1) is 13.6. The Bertz CT molecular complexity index is 547. The van der Waals surface area contributed by atoms with Crippen molar-refractivity contribution in [1.29, 1.82) is 0 Å². The van der Waals surface area contributed by atoms with E-state index in [1.54, 1.807) is 0 Å². The fourth-order valence-corrected chi connectivity index (χ4v) is 2.33. The molecule has 1 unspecified atom stereocenters. The summed E-state index contributed by atoms with van der Waals surface area (Å²) in [6, 6.07) is 9.86. The number of aryl methyl sites for hydroxylation is 2. The molecule has 5 heteroatoms. The Morgan fingerprint density at radius 2 is 2.11 bits per heavy atom. The van der Waals surface area contributed by atoms with Crippen molar-refractivity contribution in [2.75, 3.05) is 5.73 Å². The zero-order valence-electron chi connectivity index (χ0n) is 11.4. The predicted octanol–water partition coefficient (Wildman–Crippen LogP) is 1.54. The Hall–Kier alpha value is -1.85. The molecular formula is C14H21N5. The maximum Gasteiger partial charge on any atom is 0.0596 e. The second kappa shape index (κ2) is 5.86. The molecule has 2 aromatic rings. The highest BCUT2D eigenvalue weighted by molar-refractivity contribution is 5.48. The van der Waals surface area contributed by atoms with Crippen LogP contribution in [0, 0.1) is 6.92 Å². The molecular weight excluding hydrogens is 238 g/mol. The molecule has 1 aromatic carbocycles. The minimum absolute atomic E-state index is 0.0115. The van der Waals surface area contributed by atoms with Crippen molar-refractivity contribution in [3.63, 3.8) is 0 Å². The second-order valence-corrected chi connectivity index (χ2v) is 4.65. The van der Waals surface area contributed by atoms with Gasteiger partial charge in [0.25, 0.3) is 0 Å². The number of nitrogens with one attached hydrogen (secondary N) is 1. The Balaban J connectivity index is 2.26. The van der Waals surface area contributed by atoms with Crippen LogP contribution in [0.3, 0.4) is 0 Å². The summed E-state index contributed by atoms with van der Waals surface area (Å²) in [5, 5.41) is 4.45. The average molecular weight is 259 g/mol. The lowest BCUT2D eigenvalue weighted by Gasteiger charge is -2.18. The van der Waals surface area contributed by atoms with Crippen LogP contribution in [-0.2, 0) is 13.0 Å². The Morgan fingerprint density at radius 3 is 2.74 bits per heavy atom. The molecule has 19 heavy (non-hydrogen) atoms. The maximum absolute atomic E-state index is 6.01. The third kappa shape index (κ3) is 2.94. The zero-order valence-corrected chi connectivity index (χ0v) is 11.4. The molecule has 0 fully saturated rings.